The second-order valence-corrected chi connectivity index (χ2v) is 11.3. The second kappa shape index (κ2) is 10.7. The van der Waals surface area contributed by atoms with Crippen LogP contribution in [0.4, 0.5) is 0 Å². The van der Waals surface area contributed by atoms with Gasteiger partial charge in [0, 0.05) is 38.3 Å². The van der Waals surface area contributed by atoms with Gasteiger partial charge in [-0.2, -0.15) is 0 Å². The van der Waals surface area contributed by atoms with Crippen LogP contribution in [-0.2, 0) is 10.7 Å². The number of allylic oxidation sites excluding steroid dienone is 4. The first-order valence-corrected chi connectivity index (χ1v) is 15.6. The molecule has 2 aromatic carbocycles. The maximum absolute atomic E-state index is 5.15. The number of hydrogen-bond acceptors (Lipinski definition) is 2. The van der Waals surface area contributed by atoms with Crippen molar-refractivity contribution in [3.05, 3.63) is 153 Å². The van der Waals surface area contributed by atoms with Gasteiger partial charge in [-0.25, -0.2) is 4.99 Å². The van der Waals surface area contributed by atoms with Gasteiger partial charge in [-0.15, -0.1) is 0 Å². The van der Waals surface area contributed by atoms with Gasteiger partial charge < -0.3 is 9.97 Å². The van der Waals surface area contributed by atoms with Gasteiger partial charge in [0.1, 0.15) is 0 Å². The highest BCUT2D eigenvalue weighted by atomic mass is 79.9. The van der Waals surface area contributed by atoms with Crippen LogP contribution in [0.1, 0.15) is 39.6 Å². The molecular weight excluding hydrogens is 624 g/mol. The molecule has 2 unspecified atom stereocenters. The fourth-order valence-corrected chi connectivity index (χ4v) is 6.30. The molecule has 0 amide bonds. The molecule has 8 bridgehead atoms. The SMILES string of the molecule is BrCc1ccc(C2=c3ccc([nH]3)=Cc3ccc([nH]3)C(c3ccc(CBr)cc3)C3C=CC(=N3)C=C3C=CC2=N3)cc1. The van der Waals surface area contributed by atoms with E-state index in [1.165, 1.54) is 16.7 Å². The van der Waals surface area contributed by atoms with Crippen molar-refractivity contribution in [2.45, 2.75) is 22.6 Å². The van der Waals surface area contributed by atoms with Crippen LogP contribution in [-0.4, -0.2) is 27.4 Å². The standard InChI is InChI=1S/C34H26Br2N4/c35-19-21-1-5-23(6-2-21)33-29-13-9-25(37-29)17-27-11-15-31(39-27)34(24-7-3-22(20-36)4-8-24)32-16-12-28(40-32)18-26-10-14-30(33)38-26/h1-18,29,33,38,40H,19-20H2. The van der Waals surface area contributed by atoms with Crippen molar-refractivity contribution < 1.29 is 0 Å². The lowest BCUT2D eigenvalue weighted by Gasteiger charge is -2.20. The molecule has 0 saturated carbocycles. The van der Waals surface area contributed by atoms with Crippen LogP contribution in [0.5, 0.6) is 0 Å². The van der Waals surface area contributed by atoms with E-state index in [-0.39, 0.29) is 12.0 Å². The molecule has 2 atom stereocenters. The average Bonchev–Trinajstić information content (AvgIpc) is 3.80. The highest BCUT2D eigenvalue weighted by molar-refractivity contribution is 9.08. The number of aromatic nitrogens is 2. The third kappa shape index (κ3) is 4.87. The quantitative estimate of drug-likeness (QED) is 0.235. The summed E-state index contributed by atoms with van der Waals surface area (Å²) in [7, 11) is 0. The van der Waals surface area contributed by atoms with Crippen molar-refractivity contribution >= 4 is 54.9 Å². The molecule has 2 aromatic heterocycles. The van der Waals surface area contributed by atoms with E-state index in [4.69, 9.17) is 9.98 Å². The molecule has 2 N–H and O–H groups in total. The summed E-state index contributed by atoms with van der Waals surface area (Å²) in [5.74, 6) is 0.0754. The summed E-state index contributed by atoms with van der Waals surface area (Å²) in [6.07, 6.45) is 12.7. The number of nitrogens with one attached hydrogen (secondary N) is 2. The van der Waals surface area contributed by atoms with Gasteiger partial charge in [0.05, 0.1) is 29.1 Å². The molecule has 0 radical (unpaired) electrons. The number of hydrogen-bond donors (Lipinski definition) is 2. The number of benzene rings is 2. The summed E-state index contributed by atoms with van der Waals surface area (Å²) in [5.41, 5.74) is 10.9. The van der Waals surface area contributed by atoms with E-state index in [9.17, 15) is 0 Å². The molecule has 196 valence electrons. The van der Waals surface area contributed by atoms with Gasteiger partial charge in [-0.1, -0.05) is 86.5 Å². The molecule has 4 nitrogen and oxygen atoms in total. The number of fused-ring (bicyclic) bond motifs is 6. The number of alkyl halides is 2. The lowest BCUT2D eigenvalue weighted by molar-refractivity contribution is 0.694. The van der Waals surface area contributed by atoms with E-state index in [2.05, 4.69) is 151 Å². The van der Waals surface area contributed by atoms with Crippen molar-refractivity contribution in [3.8, 4) is 0 Å². The first-order chi connectivity index (χ1) is 19.7. The number of aromatic amines is 2. The Kier molecular flexibility index (Phi) is 6.74. The normalized spacial score (nSPS) is 19.4. The van der Waals surface area contributed by atoms with Crippen molar-refractivity contribution in [3.63, 3.8) is 0 Å². The monoisotopic (exact) mass is 648 g/mol. The van der Waals surface area contributed by atoms with Gasteiger partial charge >= 0.3 is 0 Å². The highest BCUT2D eigenvalue weighted by Gasteiger charge is 2.27. The fraction of sp³-hybridized carbons (Fsp3) is 0.118. The summed E-state index contributed by atoms with van der Waals surface area (Å²) in [6, 6.07) is 26.1. The number of H-pyrrole nitrogens is 2. The summed E-state index contributed by atoms with van der Waals surface area (Å²) in [6.45, 7) is 0. The summed E-state index contributed by atoms with van der Waals surface area (Å²) in [4.78, 5) is 17.5. The molecule has 3 aliphatic rings. The Labute approximate surface area is 249 Å². The maximum atomic E-state index is 5.15. The van der Waals surface area contributed by atoms with Crippen LogP contribution in [0.2, 0.25) is 0 Å². The molecule has 0 spiro atoms. The Balaban J connectivity index is 1.41. The zero-order valence-electron chi connectivity index (χ0n) is 21.6. The number of nitrogens with zero attached hydrogens (tertiary/aromatic N) is 2. The zero-order chi connectivity index (χ0) is 27.1. The molecule has 0 saturated heterocycles. The van der Waals surface area contributed by atoms with Crippen molar-refractivity contribution in [2.75, 3.05) is 0 Å². The minimum absolute atomic E-state index is 0.0120. The molecule has 4 aromatic rings. The second-order valence-electron chi connectivity index (χ2n) is 10.2. The van der Waals surface area contributed by atoms with Crippen LogP contribution in [0.25, 0.3) is 11.6 Å². The maximum Gasteiger partial charge on any atom is 0.0814 e. The third-order valence-corrected chi connectivity index (χ3v) is 8.86. The molecule has 6 heteroatoms. The largest absolute Gasteiger partial charge is 0.358 e. The van der Waals surface area contributed by atoms with Gasteiger partial charge in [0.15, 0.2) is 0 Å². The zero-order valence-corrected chi connectivity index (χ0v) is 24.8. The first kappa shape index (κ1) is 25.2. The van der Waals surface area contributed by atoms with Crippen LogP contribution in [0.3, 0.4) is 0 Å². The first-order valence-electron chi connectivity index (χ1n) is 13.3. The van der Waals surface area contributed by atoms with E-state index in [0.29, 0.717) is 0 Å². The predicted molar refractivity (Wildman–Crippen MR) is 172 cm³/mol. The van der Waals surface area contributed by atoms with Crippen LogP contribution in [0, 0.1) is 0 Å². The van der Waals surface area contributed by atoms with Gasteiger partial charge in [0.2, 0.25) is 0 Å². The number of halogens is 2. The summed E-state index contributed by atoms with van der Waals surface area (Å²) >= 11 is 7.13. The Morgan fingerprint density at radius 2 is 1.50 bits per heavy atom. The number of rotatable bonds is 4. The van der Waals surface area contributed by atoms with E-state index in [1.54, 1.807) is 0 Å². The van der Waals surface area contributed by atoms with Gasteiger partial charge in [-0.05, 0) is 76.9 Å². The average molecular weight is 650 g/mol. The van der Waals surface area contributed by atoms with E-state index >= 15 is 0 Å². The summed E-state index contributed by atoms with van der Waals surface area (Å²) < 4.78 is 0. The summed E-state index contributed by atoms with van der Waals surface area (Å²) in [5, 5.41) is 3.73. The lowest BCUT2D eigenvalue weighted by atomic mass is 9.88. The molecule has 3 aliphatic heterocycles. The molecule has 40 heavy (non-hydrogen) atoms. The van der Waals surface area contributed by atoms with Crippen LogP contribution >= 0.6 is 31.9 Å². The predicted octanol–water partition coefficient (Wildman–Crippen LogP) is 6.58. The lowest BCUT2D eigenvalue weighted by Crippen LogP contribution is -2.18. The molecule has 5 heterocycles. The molecular formula is C34H26Br2N4. The Morgan fingerprint density at radius 1 is 0.725 bits per heavy atom. The smallest absolute Gasteiger partial charge is 0.0814 e. The molecule has 0 fully saturated rings. The minimum Gasteiger partial charge on any atom is -0.358 e. The highest BCUT2D eigenvalue weighted by Crippen LogP contribution is 2.33. The number of aliphatic imine (C=N–C) groups is 2. The topological polar surface area (TPSA) is 56.3 Å². The van der Waals surface area contributed by atoms with Crippen molar-refractivity contribution in [1.82, 2.24) is 9.97 Å². The van der Waals surface area contributed by atoms with Gasteiger partial charge in [0.25, 0.3) is 0 Å². The van der Waals surface area contributed by atoms with E-state index in [1.807, 2.05) is 0 Å². The van der Waals surface area contributed by atoms with E-state index in [0.717, 1.165) is 61.0 Å². The van der Waals surface area contributed by atoms with E-state index < -0.39 is 0 Å². The molecule has 7 rings (SSSR count). The minimum atomic E-state index is -0.0120. The molecule has 0 aliphatic carbocycles. The van der Waals surface area contributed by atoms with Crippen LogP contribution in [0.15, 0.2) is 119 Å². The Hall–Kier alpha value is -3.74. The third-order valence-electron chi connectivity index (χ3n) is 7.56. The Bertz CT molecular complexity index is 1860. The van der Waals surface area contributed by atoms with Crippen molar-refractivity contribution in [1.29, 1.82) is 0 Å². The van der Waals surface area contributed by atoms with Crippen LogP contribution < -0.4 is 10.7 Å². The fourth-order valence-electron chi connectivity index (χ4n) is 5.56. The Morgan fingerprint density at radius 3 is 2.27 bits per heavy atom. The van der Waals surface area contributed by atoms with Crippen molar-refractivity contribution in [2.24, 2.45) is 9.98 Å². The van der Waals surface area contributed by atoms with Gasteiger partial charge in [-0.3, -0.25) is 4.99 Å².